The second-order valence-corrected chi connectivity index (χ2v) is 6.59. The van der Waals surface area contributed by atoms with E-state index in [-0.39, 0.29) is 12.5 Å². The number of hydrazone groups is 1. The molecule has 1 N–H and O–H groups in total. The van der Waals surface area contributed by atoms with Crippen LogP contribution in [0.25, 0.3) is 10.8 Å². The third kappa shape index (κ3) is 5.08. The highest BCUT2D eigenvalue weighted by Crippen LogP contribution is 2.25. The molecule has 0 spiro atoms. The SMILES string of the molecule is CCOc1ccc(Br)cc1C=NNC(=O)COc1cccc2ccccc12. The maximum atomic E-state index is 12.0. The number of halogens is 1. The van der Waals surface area contributed by atoms with Crippen LogP contribution in [-0.4, -0.2) is 25.3 Å². The Morgan fingerprint density at radius 3 is 2.74 bits per heavy atom. The van der Waals surface area contributed by atoms with Crippen molar-refractivity contribution in [3.05, 3.63) is 70.7 Å². The number of hydrogen-bond acceptors (Lipinski definition) is 4. The Bertz CT molecular complexity index is 967. The van der Waals surface area contributed by atoms with Crippen LogP contribution in [0.1, 0.15) is 12.5 Å². The largest absolute Gasteiger partial charge is 0.493 e. The van der Waals surface area contributed by atoms with Crippen molar-refractivity contribution in [1.29, 1.82) is 0 Å². The predicted molar refractivity (Wildman–Crippen MR) is 110 cm³/mol. The number of ether oxygens (including phenoxy) is 2. The molecule has 0 radical (unpaired) electrons. The Morgan fingerprint density at radius 2 is 1.89 bits per heavy atom. The lowest BCUT2D eigenvalue weighted by Gasteiger charge is -2.09. The molecular weight excluding hydrogens is 408 g/mol. The topological polar surface area (TPSA) is 59.9 Å². The number of fused-ring (bicyclic) bond motifs is 1. The van der Waals surface area contributed by atoms with Crippen molar-refractivity contribution in [2.45, 2.75) is 6.92 Å². The molecule has 1 amide bonds. The molecule has 0 saturated carbocycles. The fourth-order valence-corrected chi connectivity index (χ4v) is 2.96. The van der Waals surface area contributed by atoms with Gasteiger partial charge in [-0.3, -0.25) is 4.79 Å². The zero-order valence-corrected chi connectivity index (χ0v) is 16.4. The van der Waals surface area contributed by atoms with Crippen molar-refractivity contribution in [3.8, 4) is 11.5 Å². The second kappa shape index (κ2) is 9.19. The molecule has 3 aromatic carbocycles. The van der Waals surface area contributed by atoms with Gasteiger partial charge in [0.1, 0.15) is 11.5 Å². The minimum atomic E-state index is -0.341. The summed E-state index contributed by atoms with van der Waals surface area (Å²) < 4.78 is 12.1. The van der Waals surface area contributed by atoms with Gasteiger partial charge in [0, 0.05) is 15.4 Å². The number of amides is 1. The van der Waals surface area contributed by atoms with E-state index in [1.807, 2.05) is 67.6 Å². The number of rotatable bonds is 7. The molecule has 0 aliphatic heterocycles. The number of nitrogens with one attached hydrogen (secondary N) is 1. The summed E-state index contributed by atoms with van der Waals surface area (Å²) in [5.41, 5.74) is 3.24. The average Bonchev–Trinajstić information content (AvgIpc) is 2.68. The lowest BCUT2D eigenvalue weighted by molar-refractivity contribution is -0.123. The first-order valence-electron chi connectivity index (χ1n) is 8.52. The molecule has 0 bridgehead atoms. The van der Waals surface area contributed by atoms with Crippen LogP contribution >= 0.6 is 15.9 Å². The van der Waals surface area contributed by atoms with Crippen LogP contribution in [0.15, 0.2) is 70.2 Å². The van der Waals surface area contributed by atoms with Gasteiger partial charge in [0.05, 0.1) is 12.8 Å². The Hall–Kier alpha value is -2.86. The summed E-state index contributed by atoms with van der Waals surface area (Å²) >= 11 is 3.41. The van der Waals surface area contributed by atoms with Crippen LogP contribution in [0.5, 0.6) is 11.5 Å². The van der Waals surface area contributed by atoms with Crippen LogP contribution in [0.4, 0.5) is 0 Å². The van der Waals surface area contributed by atoms with E-state index in [0.29, 0.717) is 18.1 Å². The fourth-order valence-electron chi connectivity index (χ4n) is 2.58. The summed E-state index contributed by atoms with van der Waals surface area (Å²) in [6.07, 6.45) is 1.55. The smallest absolute Gasteiger partial charge is 0.277 e. The van der Waals surface area contributed by atoms with Gasteiger partial charge in [0.25, 0.3) is 5.91 Å². The van der Waals surface area contributed by atoms with Crippen LogP contribution < -0.4 is 14.9 Å². The minimum absolute atomic E-state index is 0.123. The molecule has 0 atom stereocenters. The summed E-state index contributed by atoms with van der Waals surface area (Å²) in [5.74, 6) is 1.02. The third-order valence-corrected chi connectivity index (χ3v) is 4.27. The number of carbonyl (C=O) groups excluding carboxylic acids is 1. The summed E-state index contributed by atoms with van der Waals surface area (Å²) in [7, 11) is 0. The van der Waals surface area contributed by atoms with Gasteiger partial charge in [-0.05, 0) is 36.6 Å². The standard InChI is InChI=1S/C21H19BrN2O3/c1-2-26-19-11-10-17(22)12-16(19)13-23-24-21(25)14-27-20-9-5-7-15-6-3-4-8-18(15)20/h3-13H,2,14H2,1H3,(H,24,25). The van der Waals surface area contributed by atoms with E-state index in [9.17, 15) is 4.79 Å². The number of carbonyl (C=O) groups is 1. The summed E-state index contributed by atoms with van der Waals surface area (Å²) in [5, 5.41) is 6.02. The van der Waals surface area contributed by atoms with Crippen molar-refractivity contribution in [2.24, 2.45) is 5.10 Å². The van der Waals surface area contributed by atoms with Crippen LogP contribution in [-0.2, 0) is 4.79 Å². The molecule has 0 aromatic heterocycles. The zero-order chi connectivity index (χ0) is 19.1. The van der Waals surface area contributed by atoms with E-state index < -0.39 is 0 Å². The van der Waals surface area contributed by atoms with E-state index in [2.05, 4.69) is 26.5 Å². The zero-order valence-electron chi connectivity index (χ0n) is 14.8. The molecule has 3 rings (SSSR count). The maximum absolute atomic E-state index is 12.0. The first-order valence-corrected chi connectivity index (χ1v) is 9.31. The molecule has 0 aliphatic rings. The molecule has 0 heterocycles. The fraction of sp³-hybridized carbons (Fsp3) is 0.143. The van der Waals surface area contributed by atoms with Crippen LogP contribution in [0.2, 0.25) is 0 Å². The van der Waals surface area contributed by atoms with E-state index in [4.69, 9.17) is 9.47 Å². The molecule has 138 valence electrons. The monoisotopic (exact) mass is 426 g/mol. The van der Waals surface area contributed by atoms with Crippen LogP contribution in [0, 0.1) is 0 Å². The van der Waals surface area contributed by atoms with E-state index in [1.165, 1.54) is 0 Å². The van der Waals surface area contributed by atoms with Crippen LogP contribution in [0.3, 0.4) is 0 Å². The normalized spacial score (nSPS) is 10.9. The molecule has 0 fully saturated rings. The van der Waals surface area contributed by atoms with Crippen molar-refractivity contribution in [1.82, 2.24) is 5.43 Å². The molecule has 3 aromatic rings. The maximum Gasteiger partial charge on any atom is 0.277 e. The van der Waals surface area contributed by atoms with Gasteiger partial charge in [0.15, 0.2) is 6.61 Å². The molecule has 6 heteroatoms. The van der Waals surface area contributed by atoms with Gasteiger partial charge in [0.2, 0.25) is 0 Å². The highest BCUT2D eigenvalue weighted by molar-refractivity contribution is 9.10. The third-order valence-electron chi connectivity index (χ3n) is 3.77. The summed E-state index contributed by atoms with van der Waals surface area (Å²) in [6, 6.07) is 19.2. The summed E-state index contributed by atoms with van der Waals surface area (Å²) in [4.78, 5) is 12.0. The lowest BCUT2D eigenvalue weighted by atomic mass is 10.1. The van der Waals surface area contributed by atoms with Gasteiger partial charge in [-0.25, -0.2) is 5.43 Å². The van der Waals surface area contributed by atoms with Gasteiger partial charge in [-0.15, -0.1) is 0 Å². The average molecular weight is 427 g/mol. The second-order valence-electron chi connectivity index (χ2n) is 5.67. The Morgan fingerprint density at radius 1 is 1.07 bits per heavy atom. The molecule has 5 nitrogen and oxygen atoms in total. The molecule has 0 saturated heterocycles. The van der Waals surface area contributed by atoms with E-state index in [0.717, 1.165) is 20.8 Å². The molecular formula is C21H19BrN2O3. The highest BCUT2D eigenvalue weighted by Gasteiger charge is 2.06. The highest BCUT2D eigenvalue weighted by atomic mass is 79.9. The number of benzene rings is 3. The van der Waals surface area contributed by atoms with E-state index in [1.54, 1.807) is 6.21 Å². The van der Waals surface area contributed by atoms with Crippen molar-refractivity contribution >= 4 is 38.8 Å². The van der Waals surface area contributed by atoms with E-state index >= 15 is 0 Å². The lowest BCUT2D eigenvalue weighted by Crippen LogP contribution is -2.24. The molecule has 0 aliphatic carbocycles. The first kappa shape index (κ1) is 18.9. The first-order chi connectivity index (χ1) is 13.2. The molecule has 27 heavy (non-hydrogen) atoms. The number of hydrogen-bond donors (Lipinski definition) is 1. The minimum Gasteiger partial charge on any atom is -0.493 e. The predicted octanol–water partition coefficient (Wildman–Crippen LogP) is 4.53. The molecule has 0 unspecified atom stereocenters. The van der Waals surface area contributed by atoms with Gasteiger partial charge in [-0.1, -0.05) is 52.3 Å². The van der Waals surface area contributed by atoms with Crippen molar-refractivity contribution in [2.75, 3.05) is 13.2 Å². The number of nitrogens with zero attached hydrogens (tertiary/aromatic N) is 1. The quantitative estimate of drug-likeness (QED) is 0.445. The van der Waals surface area contributed by atoms with Gasteiger partial charge >= 0.3 is 0 Å². The Balaban J connectivity index is 1.60. The van der Waals surface area contributed by atoms with Crippen molar-refractivity contribution in [3.63, 3.8) is 0 Å². The summed E-state index contributed by atoms with van der Waals surface area (Å²) in [6.45, 7) is 2.34. The Labute approximate surface area is 166 Å². The van der Waals surface area contributed by atoms with Crippen molar-refractivity contribution < 1.29 is 14.3 Å². The van der Waals surface area contributed by atoms with Gasteiger partial charge in [-0.2, -0.15) is 5.10 Å². The Kier molecular flexibility index (Phi) is 6.44. The van der Waals surface area contributed by atoms with Gasteiger partial charge < -0.3 is 9.47 Å².